The van der Waals surface area contributed by atoms with Crippen LogP contribution in [0.1, 0.15) is 37.7 Å². The zero-order chi connectivity index (χ0) is 14.0. The van der Waals surface area contributed by atoms with Gasteiger partial charge in [0.25, 0.3) is 5.56 Å². The third-order valence-corrected chi connectivity index (χ3v) is 3.88. The average molecular weight is 263 g/mol. The van der Waals surface area contributed by atoms with Crippen molar-refractivity contribution in [3.8, 4) is 0 Å². The van der Waals surface area contributed by atoms with E-state index in [2.05, 4.69) is 5.32 Å². The molecule has 0 bridgehead atoms. The fourth-order valence-corrected chi connectivity index (χ4v) is 2.51. The molecule has 104 valence electrons. The summed E-state index contributed by atoms with van der Waals surface area (Å²) < 4.78 is 1.45. The topological polar surface area (TPSA) is 77.1 Å². The van der Waals surface area contributed by atoms with Gasteiger partial charge in [0.05, 0.1) is 11.2 Å². The summed E-state index contributed by atoms with van der Waals surface area (Å²) in [4.78, 5) is 23.8. The molecule has 0 saturated heterocycles. The zero-order valence-corrected chi connectivity index (χ0v) is 11.5. The van der Waals surface area contributed by atoms with E-state index in [1.807, 2.05) is 0 Å². The second-order valence-corrected chi connectivity index (χ2v) is 5.49. The fourth-order valence-electron chi connectivity index (χ4n) is 2.51. The van der Waals surface area contributed by atoms with Crippen molar-refractivity contribution in [2.24, 2.45) is 12.8 Å². The van der Waals surface area contributed by atoms with E-state index in [1.54, 1.807) is 20.2 Å². The van der Waals surface area contributed by atoms with Gasteiger partial charge in [0.2, 0.25) is 5.91 Å². The van der Waals surface area contributed by atoms with Crippen molar-refractivity contribution >= 4 is 11.6 Å². The molecule has 0 radical (unpaired) electrons. The van der Waals surface area contributed by atoms with Crippen LogP contribution >= 0.6 is 0 Å². The third kappa shape index (κ3) is 2.87. The van der Waals surface area contributed by atoms with Crippen molar-refractivity contribution in [2.45, 2.75) is 44.6 Å². The first-order valence-electron chi connectivity index (χ1n) is 6.70. The van der Waals surface area contributed by atoms with Crippen LogP contribution in [-0.4, -0.2) is 16.0 Å². The summed E-state index contributed by atoms with van der Waals surface area (Å²) in [5, 5.41) is 2.86. The van der Waals surface area contributed by atoms with Crippen LogP contribution in [0, 0.1) is 6.92 Å². The van der Waals surface area contributed by atoms with E-state index >= 15 is 0 Å². The molecule has 0 atom stereocenters. The van der Waals surface area contributed by atoms with Gasteiger partial charge in [0, 0.05) is 19.3 Å². The summed E-state index contributed by atoms with van der Waals surface area (Å²) in [5.41, 5.74) is 6.75. The van der Waals surface area contributed by atoms with Crippen LogP contribution in [0.3, 0.4) is 0 Å². The number of carbonyl (C=O) groups is 1. The quantitative estimate of drug-likeness (QED) is 0.844. The first-order chi connectivity index (χ1) is 8.92. The maximum Gasteiger partial charge on any atom is 0.250 e. The number of pyridine rings is 1. The van der Waals surface area contributed by atoms with Crippen LogP contribution < -0.4 is 16.6 Å². The number of amides is 1. The molecule has 1 aromatic heterocycles. The molecule has 2 rings (SSSR count). The molecule has 1 aromatic rings. The molecule has 19 heavy (non-hydrogen) atoms. The van der Waals surface area contributed by atoms with E-state index in [1.165, 1.54) is 10.6 Å². The summed E-state index contributed by atoms with van der Waals surface area (Å²) in [6, 6.07) is 1.51. The highest BCUT2D eigenvalue weighted by molar-refractivity contribution is 5.98. The number of nitrogens with zero attached hydrogens (tertiary/aromatic N) is 1. The number of hydrogen-bond donors (Lipinski definition) is 2. The fraction of sp³-hybridized carbons (Fsp3) is 0.571. The van der Waals surface area contributed by atoms with Crippen LogP contribution in [0.25, 0.3) is 0 Å². The average Bonchev–Trinajstić information content (AvgIpc) is 2.36. The maximum absolute atomic E-state index is 12.3. The number of nitrogens with two attached hydrogens (primary N) is 1. The van der Waals surface area contributed by atoms with Gasteiger partial charge in [-0.05, 0) is 25.3 Å². The van der Waals surface area contributed by atoms with Gasteiger partial charge in [-0.2, -0.15) is 0 Å². The van der Waals surface area contributed by atoms with Gasteiger partial charge >= 0.3 is 0 Å². The second kappa shape index (κ2) is 5.17. The molecule has 5 heteroatoms. The summed E-state index contributed by atoms with van der Waals surface area (Å²) in [6.45, 7) is 1.81. The number of carbonyl (C=O) groups excluding carboxylic acids is 1. The van der Waals surface area contributed by atoms with Gasteiger partial charge in [-0.25, -0.2) is 0 Å². The Labute approximate surface area is 112 Å². The molecule has 0 aromatic carbocycles. The van der Waals surface area contributed by atoms with E-state index in [0.717, 1.165) is 37.7 Å². The van der Waals surface area contributed by atoms with Gasteiger partial charge in [0.15, 0.2) is 0 Å². The molecule has 0 aliphatic heterocycles. The number of nitrogens with one attached hydrogen (secondary N) is 1. The maximum atomic E-state index is 12.3. The molecule has 1 amide bonds. The molecule has 1 heterocycles. The van der Waals surface area contributed by atoms with E-state index in [0.29, 0.717) is 5.69 Å². The smallest absolute Gasteiger partial charge is 0.250 e. The Morgan fingerprint density at radius 3 is 2.63 bits per heavy atom. The predicted octanol–water partition coefficient (Wildman–Crippen LogP) is 1.29. The molecular formula is C14H21N3O2. The SMILES string of the molecule is Cc1cc(=O)n(C)cc1NC(=O)C1(N)CCCCC1. The number of rotatable bonds is 2. The van der Waals surface area contributed by atoms with Gasteiger partial charge in [0.1, 0.15) is 0 Å². The van der Waals surface area contributed by atoms with Crippen molar-refractivity contribution in [2.75, 3.05) is 5.32 Å². The summed E-state index contributed by atoms with van der Waals surface area (Å²) in [7, 11) is 1.66. The van der Waals surface area contributed by atoms with Crippen molar-refractivity contribution < 1.29 is 4.79 Å². The highest BCUT2D eigenvalue weighted by Crippen LogP contribution is 2.27. The van der Waals surface area contributed by atoms with Crippen LogP contribution in [0.15, 0.2) is 17.1 Å². The Morgan fingerprint density at radius 2 is 2.00 bits per heavy atom. The number of aromatic nitrogens is 1. The third-order valence-electron chi connectivity index (χ3n) is 3.88. The lowest BCUT2D eigenvalue weighted by atomic mass is 9.82. The lowest BCUT2D eigenvalue weighted by molar-refractivity contribution is -0.122. The first-order valence-corrected chi connectivity index (χ1v) is 6.70. The first kappa shape index (κ1) is 13.8. The summed E-state index contributed by atoms with van der Waals surface area (Å²) in [5.74, 6) is -0.144. The Morgan fingerprint density at radius 1 is 1.37 bits per heavy atom. The van der Waals surface area contributed by atoms with Crippen LogP contribution in [0.2, 0.25) is 0 Å². The van der Waals surface area contributed by atoms with E-state index in [9.17, 15) is 9.59 Å². The van der Waals surface area contributed by atoms with Gasteiger partial charge in [-0.1, -0.05) is 19.3 Å². The van der Waals surface area contributed by atoms with Crippen LogP contribution in [-0.2, 0) is 11.8 Å². The van der Waals surface area contributed by atoms with Crippen LogP contribution in [0.4, 0.5) is 5.69 Å². The predicted molar refractivity (Wildman–Crippen MR) is 75.1 cm³/mol. The summed E-state index contributed by atoms with van der Waals surface area (Å²) >= 11 is 0. The lowest BCUT2D eigenvalue weighted by Crippen LogP contribution is -2.52. The van der Waals surface area contributed by atoms with Crippen molar-refractivity contribution in [1.29, 1.82) is 0 Å². The molecule has 1 fully saturated rings. The van der Waals surface area contributed by atoms with Crippen molar-refractivity contribution in [3.63, 3.8) is 0 Å². The minimum absolute atomic E-state index is 0.0874. The zero-order valence-electron chi connectivity index (χ0n) is 11.5. The van der Waals surface area contributed by atoms with Crippen LogP contribution in [0.5, 0.6) is 0 Å². The Kier molecular flexibility index (Phi) is 3.75. The number of anilines is 1. The molecule has 1 aliphatic carbocycles. The molecular weight excluding hydrogens is 242 g/mol. The van der Waals surface area contributed by atoms with Crippen molar-refractivity contribution in [1.82, 2.24) is 4.57 Å². The second-order valence-electron chi connectivity index (χ2n) is 5.49. The molecule has 0 unspecified atom stereocenters. The largest absolute Gasteiger partial charge is 0.323 e. The molecule has 3 N–H and O–H groups in total. The number of hydrogen-bond acceptors (Lipinski definition) is 3. The minimum Gasteiger partial charge on any atom is -0.323 e. The Bertz CT molecular complexity index is 542. The van der Waals surface area contributed by atoms with Gasteiger partial charge < -0.3 is 15.6 Å². The standard InChI is InChI=1S/C14H21N3O2/c1-10-8-12(18)17(2)9-11(10)16-13(19)14(15)6-4-3-5-7-14/h8-9H,3-7,15H2,1-2H3,(H,16,19). The molecule has 1 saturated carbocycles. The Balaban J connectivity index is 2.19. The van der Waals surface area contributed by atoms with Crippen molar-refractivity contribution in [3.05, 3.63) is 28.2 Å². The molecule has 0 spiro atoms. The monoisotopic (exact) mass is 263 g/mol. The summed E-state index contributed by atoms with van der Waals surface area (Å²) in [6.07, 6.45) is 6.23. The number of aryl methyl sites for hydroxylation is 2. The molecule has 1 aliphatic rings. The Hall–Kier alpha value is -1.62. The normalized spacial score (nSPS) is 18.1. The molecule has 5 nitrogen and oxygen atoms in total. The minimum atomic E-state index is -0.764. The van der Waals surface area contributed by atoms with Gasteiger partial charge in [-0.3, -0.25) is 9.59 Å². The van der Waals surface area contributed by atoms with E-state index in [-0.39, 0.29) is 11.5 Å². The van der Waals surface area contributed by atoms with Gasteiger partial charge in [-0.15, -0.1) is 0 Å². The highest BCUT2D eigenvalue weighted by atomic mass is 16.2. The van der Waals surface area contributed by atoms with E-state index in [4.69, 9.17) is 5.73 Å². The lowest BCUT2D eigenvalue weighted by Gasteiger charge is -2.32. The van der Waals surface area contributed by atoms with E-state index < -0.39 is 5.54 Å². The highest BCUT2D eigenvalue weighted by Gasteiger charge is 2.35.